The number of benzene rings is 2. The molecule has 0 aliphatic heterocycles. The Labute approximate surface area is 168 Å². The maximum Gasteiger partial charge on any atom is 0.356 e. The Kier molecular flexibility index (Phi) is 7.11. The largest absolute Gasteiger partial charge is 0.486 e. The van der Waals surface area contributed by atoms with Gasteiger partial charge in [-0.15, -0.1) is 0 Å². The van der Waals surface area contributed by atoms with Crippen LogP contribution >= 0.6 is 0 Å². The minimum absolute atomic E-state index is 0.289. The molecule has 0 saturated carbocycles. The molecule has 2 aromatic carbocycles. The molecule has 0 bridgehead atoms. The van der Waals surface area contributed by atoms with Crippen molar-refractivity contribution in [2.75, 3.05) is 7.11 Å². The highest BCUT2D eigenvalue weighted by molar-refractivity contribution is 6.99. The molecule has 5 nitrogen and oxygen atoms in total. The third-order valence-corrected chi connectivity index (χ3v) is 9.58. The van der Waals surface area contributed by atoms with Gasteiger partial charge in [0.1, 0.15) is 6.07 Å². The topological polar surface area (TPSA) is 59.0 Å². The Hall–Kier alpha value is -2.93. The van der Waals surface area contributed by atoms with Gasteiger partial charge in [-0.2, -0.15) is 10.3 Å². The van der Waals surface area contributed by atoms with Crippen molar-refractivity contribution in [2.45, 2.75) is 38.1 Å². The molecular weight excluding hydrogens is 366 g/mol. The zero-order chi connectivity index (χ0) is 20.6. The lowest BCUT2D eigenvalue weighted by Gasteiger charge is -2.43. The number of rotatable bonds is 7. The van der Waals surface area contributed by atoms with E-state index in [1.54, 1.807) is 0 Å². The van der Waals surface area contributed by atoms with E-state index >= 15 is 0 Å². The summed E-state index contributed by atoms with van der Waals surface area (Å²) in [4.78, 5) is 7.56. The normalized spacial score (nSPS) is 14.1. The first-order chi connectivity index (χ1) is 13.4. The van der Waals surface area contributed by atoms with Crippen LogP contribution in [-0.2, 0) is 9.16 Å². The van der Waals surface area contributed by atoms with Gasteiger partial charge in [-0.1, -0.05) is 81.4 Å². The zero-order valence-electron chi connectivity index (χ0n) is 16.7. The van der Waals surface area contributed by atoms with Crippen molar-refractivity contribution in [1.29, 1.82) is 5.26 Å². The van der Waals surface area contributed by atoms with Gasteiger partial charge in [-0.25, -0.2) is 6.57 Å². The van der Waals surface area contributed by atoms with Gasteiger partial charge >= 0.3 is 6.17 Å². The fourth-order valence-corrected chi connectivity index (χ4v) is 7.91. The van der Waals surface area contributed by atoms with Crippen molar-refractivity contribution >= 4 is 25.1 Å². The van der Waals surface area contributed by atoms with E-state index in [0.29, 0.717) is 0 Å². The maximum atomic E-state index is 9.84. The number of nitriles is 1. The van der Waals surface area contributed by atoms with Crippen LogP contribution in [0.1, 0.15) is 20.8 Å². The number of nitrogens with zero attached hydrogens (tertiary/aromatic N) is 3. The minimum atomic E-state index is -2.93. The van der Waals surface area contributed by atoms with Crippen LogP contribution in [0.25, 0.3) is 4.85 Å². The smallest absolute Gasteiger partial charge is 0.356 e. The number of methoxy groups -OCH3 is 1. The van der Waals surface area contributed by atoms with E-state index < -0.39 is 20.6 Å². The summed E-state index contributed by atoms with van der Waals surface area (Å²) in [6.45, 7) is 13.9. The molecular formula is C22H25N3O2Si. The lowest BCUT2D eigenvalue weighted by atomic mass is 10.2. The van der Waals surface area contributed by atoms with E-state index in [1.165, 1.54) is 13.5 Å². The number of hydrogen-bond acceptors (Lipinski definition) is 4. The molecule has 0 fully saturated rings. The molecule has 0 saturated heterocycles. The zero-order valence-corrected chi connectivity index (χ0v) is 17.7. The van der Waals surface area contributed by atoms with Gasteiger partial charge in [0.2, 0.25) is 6.10 Å². The third-order valence-electron chi connectivity index (χ3n) is 4.57. The Morgan fingerprint density at radius 3 is 1.93 bits per heavy atom. The van der Waals surface area contributed by atoms with Crippen LogP contribution in [0.5, 0.6) is 0 Å². The SMILES string of the molecule is [C-]#[N+]C(/N=C/OC)[C@@H](C#N)O[Si](c1ccccc1)(c1ccccc1)C(C)(C)C. The van der Waals surface area contributed by atoms with E-state index in [0.717, 1.165) is 10.4 Å². The van der Waals surface area contributed by atoms with Gasteiger partial charge in [0.25, 0.3) is 8.32 Å². The van der Waals surface area contributed by atoms with Gasteiger partial charge in [0.05, 0.1) is 7.11 Å². The van der Waals surface area contributed by atoms with Crippen LogP contribution in [0.2, 0.25) is 5.04 Å². The van der Waals surface area contributed by atoms with Crippen LogP contribution in [0.3, 0.4) is 0 Å². The summed E-state index contributed by atoms with van der Waals surface area (Å²) in [5, 5.41) is 11.6. The number of aliphatic imine (C=N–C) groups is 1. The van der Waals surface area contributed by atoms with Crippen LogP contribution in [-0.4, -0.2) is 34.1 Å². The first-order valence-corrected chi connectivity index (χ1v) is 10.9. The maximum absolute atomic E-state index is 9.84. The van der Waals surface area contributed by atoms with Crippen molar-refractivity contribution in [2.24, 2.45) is 4.99 Å². The molecule has 0 amide bonds. The molecule has 0 aliphatic rings. The van der Waals surface area contributed by atoms with Gasteiger partial charge < -0.3 is 9.16 Å². The van der Waals surface area contributed by atoms with Crippen molar-refractivity contribution in [3.05, 3.63) is 72.1 Å². The summed E-state index contributed by atoms with van der Waals surface area (Å²) in [5.41, 5.74) is 0. The molecule has 1 unspecified atom stereocenters. The summed E-state index contributed by atoms with van der Waals surface area (Å²) < 4.78 is 11.5. The molecule has 0 aliphatic carbocycles. The Bertz CT molecular complexity index is 825. The van der Waals surface area contributed by atoms with Crippen LogP contribution in [0.4, 0.5) is 0 Å². The second-order valence-electron chi connectivity index (χ2n) is 7.36. The van der Waals surface area contributed by atoms with Crippen LogP contribution in [0.15, 0.2) is 65.7 Å². The summed E-state index contributed by atoms with van der Waals surface area (Å²) in [5.74, 6) is 0. The second kappa shape index (κ2) is 9.32. The van der Waals surface area contributed by atoms with Crippen LogP contribution in [0, 0.1) is 17.9 Å². The summed E-state index contributed by atoms with van der Waals surface area (Å²) >= 11 is 0. The van der Waals surface area contributed by atoms with Crippen LogP contribution < -0.4 is 10.4 Å². The number of hydrogen-bond donors (Lipinski definition) is 0. The van der Waals surface area contributed by atoms with Gasteiger partial charge in [0.15, 0.2) is 6.40 Å². The molecule has 144 valence electrons. The highest BCUT2D eigenvalue weighted by Crippen LogP contribution is 2.38. The van der Waals surface area contributed by atoms with Gasteiger partial charge in [0, 0.05) is 0 Å². The first kappa shape index (κ1) is 21.4. The number of ether oxygens (including phenoxy) is 1. The highest BCUT2D eigenvalue weighted by Gasteiger charge is 2.53. The predicted octanol–water partition coefficient (Wildman–Crippen LogP) is 3.38. The molecule has 0 N–H and O–H groups in total. The molecule has 0 radical (unpaired) electrons. The molecule has 6 heteroatoms. The van der Waals surface area contributed by atoms with E-state index in [9.17, 15) is 5.26 Å². The fourth-order valence-electron chi connectivity index (χ4n) is 3.34. The molecule has 2 atom stereocenters. The quantitative estimate of drug-likeness (QED) is 0.315. The van der Waals surface area contributed by atoms with Gasteiger partial charge in [-0.05, 0) is 15.4 Å². The highest BCUT2D eigenvalue weighted by atomic mass is 28.4. The Morgan fingerprint density at radius 2 is 1.57 bits per heavy atom. The monoisotopic (exact) mass is 391 g/mol. The van der Waals surface area contributed by atoms with E-state index in [4.69, 9.17) is 15.7 Å². The van der Waals surface area contributed by atoms with Crippen molar-refractivity contribution < 1.29 is 9.16 Å². The van der Waals surface area contributed by atoms with Crippen molar-refractivity contribution in [3.8, 4) is 6.07 Å². The molecule has 2 aromatic rings. The van der Waals surface area contributed by atoms with E-state index in [-0.39, 0.29) is 5.04 Å². The van der Waals surface area contributed by atoms with E-state index in [2.05, 4.69) is 36.7 Å². The lowest BCUT2D eigenvalue weighted by Crippen LogP contribution is -2.68. The molecule has 0 aromatic heterocycles. The summed E-state index contributed by atoms with van der Waals surface area (Å²) in [7, 11) is -1.48. The van der Waals surface area contributed by atoms with Crippen molar-refractivity contribution in [3.63, 3.8) is 0 Å². The third kappa shape index (κ3) is 4.31. The summed E-state index contributed by atoms with van der Waals surface area (Å²) in [6.07, 6.45) is -0.830. The second-order valence-corrected chi connectivity index (χ2v) is 11.6. The van der Waals surface area contributed by atoms with E-state index in [1.807, 2.05) is 60.7 Å². The Morgan fingerprint density at radius 1 is 1.07 bits per heavy atom. The molecule has 0 heterocycles. The minimum Gasteiger partial charge on any atom is -0.486 e. The fraction of sp³-hybridized carbons (Fsp3) is 0.318. The molecule has 2 rings (SSSR count). The van der Waals surface area contributed by atoms with Crippen molar-refractivity contribution in [1.82, 2.24) is 0 Å². The summed E-state index contributed by atoms with van der Waals surface area (Å²) in [6, 6.07) is 22.2. The Balaban J connectivity index is 2.69. The predicted molar refractivity (Wildman–Crippen MR) is 114 cm³/mol. The standard InChI is InChI=1S/C22H25N3O2Si/c1-22(2,3)28(18-12-8-6-9-13-18,19-14-10-7-11-15-19)27-20(16-23)21(24-4)25-17-26-5/h6-15,17,20-21H,1-3,5H3/b25-17+/t20-,21?/m1/s1. The molecule has 28 heavy (non-hydrogen) atoms. The molecule has 0 spiro atoms. The van der Waals surface area contributed by atoms with Gasteiger partial charge in [-0.3, -0.25) is 4.85 Å². The average Bonchev–Trinajstić information content (AvgIpc) is 2.71. The lowest BCUT2D eigenvalue weighted by molar-refractivity contribution is 0.224. The first-order valence-electron chi connectivity index (χ1n) is 9.00. The average molecular weight is 392 g/mol.